The molecule has 2 rings (SSSR count). The van der Waals surface area contributed by atoms with Gasteiger partial charge in [-0.3, -0.25) is 0 Å². The number of nitrogens with one attached hydrogen (secondary N) is 2. The van der Waals surface area contributed by atoms with E-state index in [9.17, 15) is 0 Å². The Morgan fingerprint density at radius 2 is 2.12 bits per heavy atom. The lowest BCUT2D eigenvalue weighted by Crippen LogP contribution is -2.44. The topological polar surface area (TPSA) is 88.9 Å². The molecule has 0 amide bonds. The Labute approximate surface area is 100 Å². The van der Waals surface area contributed by atoms with Gasteiger partial charge >= 0.3 is 0 Å². The van der Waals surface area contributed by atoms with Gasteiger partial charge in [0, 0.05) is 49.3 Å². The summed E-state index contributed by atoms with van der Waals surface area (Å²) in [5.74, 6) is 0. The van der Waals surface area contributed by atoms with Gasteiger partial charge in [0.2, 0.25) is 0 Å². The summed E-state index contributed by atoms with van der Waals surface area (Å²) in [5, 5.41) is 19.7. The molecule has 4 N–H and O–H groups in total. The minimum Gasteiger partial charge on any atom is -0.398 e. The van der Waals surface area contributed by atoms with E-state index in [4.69, 9.17) is 16.4 Å². The van der Waals surface area contributed by atoms with E-state index in [0.717, 1.165) is 31.9 Å². The Bertz CT molecular complexity index is 469. The first-order chi connectivity index (χ1) is 8.26. The first-order valence-corrected chi connectivity index (χ1v) is 5.56. The van der Waals surface area contributed by atoms with E-state index in [1.165, 1.54) is 6.21 Å². The summed E-state index contributed by atoms with van der Waals surface area (Å²) in [6.07, 6.45) is 1.26. The zero-order valence-electron chi connectivity index (χ0n) is 9.53. The number of piperazine rings is 1. The number of hydrogen-bond donors (Lipinski definition) is 3. The average molecular weight is 229 g/mol. The second kappa shape index (κ2) is 4.85. The van der Waals surface area contributed by atoms with Gasteiger partial charge in [-0.1, -0.05) is 0 Å². The molecule has 1 aliphatic heterocycles. The fourth-order valence-electron chi connectivity index (χ4n) is 2.05. The van der Waals surface area contributed by atoms with Gasteiger partial charge in [0.05, 0.1) is 11.6 Å². The lowest BCUT2D eigenvalue weighted by atomic mass is 10.1. The summed E-state index contributed by atoms with van der Waals surface area (Å²) in [6.45, 7) is 3.56. The smallest absolute Gasteiger partial charge is 0.0993 e. The molecule has 0 aromatic heterocycles. The highest BCUT2D eigenvalue weighted by atomic mass is 15.2. The molecule has 0 radical (unpaired) electrons. The van der Waals surface area contributed by atoms with Gasteiger partial charge in [-0.2, -0.15) is 5.26 Å². The Morgan fingerprint density at radius 1 is 1.41 bits per heavy atom. The van der Waals surface area contributed by atoms with Crippen LogP contribution in [0.5, 0.6) is 0 Å². The van der Waals surface area contributed by atoms with Crippen LogP contribution in [0.3, 0.4) is 0 Å². The summed E-state index contributed by atoms with van der Waals surface area (Å²) < 4.78 is 0. The van der Waals surface area contributed by atoms with Crippen molar-refractivity contribution in [3.05, 3.63) is 23.3 Å². The van der Waals surface area contributed by atoms with Crippen molar-refractivity contribution in [1.29, 1.82) is 10.7 Å². The normalized spacial score (nSPS) is 15.4. The molecule has 88 valence electrons. The first kappa shape index (κ1) is 11.4. The third kappa shape index (κ3) is 2.22. The number of nitrogen functional groups attached to an aromatic ring is 1. The van der Waals surface area contributed by atoms with E-state index < -0.39 is 0 Å². The Kier molecular flexibility index (Phi) is 3.26. The molecule has 1 aromatic carbocycles. The lowest BCUT2D eigenvalue weighted by molar-refractivity contribution is 0.589. The molecule has 5 heteroatoms. The van der Waals surface area contributed by atoms with E-state index in [0.29, 0.717) is 16.8 Å². The van der Waals surface area contributed by atoms with Gasteiger partial charge in [-0.15, -0.1) is 0 Å². The van der Waals surface area contributed by atoms with Crippen LogP contribution in [0.1, 0.15) is 11.1 Å². The fraction of sp³-hybridized carbons (Fsp3) is 0.333. The van der Waals surface area contributed by atoms with Gasteiger partial charge in [0.25, 0.3) is 0 Å². The van der Waals surface area contributed by atoms with Crippen molar-refractivity contribution in [3.63, 3.8) is 0 Å². The lowest BCUT2D eigenvalue weighted by Gasteiger charge is -2.31. The maximum atomic E-state index is 8.95. The predicted octanol–water partition coefficient (Wildman–Crippen LogP) is 0.548. The Morgan fingerprint density at radius 3 is 2.71 bits per heavy atom. The van der Waals surface area contributed by atoms with Crippen LogP contribution in [0.25, 0.3) is 0 Å². The summed E-state index contributed by atoms with van der Waals surface area (Å²) in [5.41, 5.74) is 8.49. The summed E-state index contributed by atoms with van der Waals surface area (Å²) in [6, 6.07) is 5.53. The molecule has 0 bridgehead atoms. The maximum absolute atomic E-state index is 8.95. The minimum atomic E-state index is 0.493. The number of hydrogen-bond acceptors (Lipinski definition) is 5. The van der Waals surface area contributed by atoms with E-state index >= 15 is 0 Å². The zero-order chi connectivity index (χ0) is 12.3. The molecule has 1 heterocycles. The number of anilines is 2. The van der Waals surface area contributed by atoms with Crippen LogP contribution in [-0.4, -0.2) is 32.4 Å². The standard InChI is InChI=1S/C12H15N5/c13-7-9-5-11(15)10(8-14)12(6-9)17-3-1-16-2-4-17/h5-6,8,14,16H,1-4,15H2. The molecular formula is C12H15N5. The van der Waals surface area contributed by atoms with E-state index in [2.05, 4.69) is 16.3 Å². The predicted molar refractivity (Wildman–Crippen MR) is 68.5 cm³/mol. The van der Waals surface area contributed by atoms with Crippen molar-refractivity contribution in [2.75, 3.05) is 36.8 Å². The Balaban J connectivity index is 2.46. The minimum absolute atomic E-state index is 0.493. The van der Waals surface area contributed by atoms with Crippen molar-refractivity contribution in [2.24, 2.45) is 0 Å². The van der Waals surface area contributed by atoms with Crippen LogP contribution in [-0.2, 0) is 0 Å². The van der Waals surface area contributed by atoms with Crippen molar-refractivity contribution in [3.8, 4) is 6.07 Å². The van der Waals surface area contributed by atoms with E-state index in [1.807, 2.05) is 6.07 Å². The van der Waals surface area contributed by atoms with Crippen LogP contribution in [0.4, 0.5) is 11.4 Å². The van der Waals surface area contributed by atoms with Crippen molar-refractivity contribution < 1.29 is 0 Å². The maximum Gasteiger partial charge on any atom is 0.0993 e. The van der Waals surface area contributed by atoms with Gasteiger partial charge in [-0.25, -0.2) is 0 Å². The van der Waals surface area contributed by atoms with E-state index in [1.54, 1.807) is 6.07 Å². The fourth-order valence-corrected chi connectivity index (χ4v) is 2.05. The summed E-state index contributed by atoms with van der Waals surface area (Å²) >= 11 is 0. The number of nitriles is 1. The molecule has 1 fully saturated rings. The van der Waals surface area contributed by atoms with Crippen LogP contribution >= 0.6 is 0 Å². The molecular weight excluding hydrogens is 214 g/mol. The number of benzene rings is 1. The largest absolute Gasteiger partial charge is 0.398 e. The van der Waals surface area contributed by atoms with Crippen molar-refractivity contribution in [1.82, 2.24) is 5.32 Å². The molecule has 1 aliphatic rings. The number of nitrogens with two attached hydrogens (primary N) is 1. The SMILES string of the molecule is N#Cc1cc(N)c(C=N)c(N2CCNCC2)c1. The van der Waals surface area contributed by atoms with Crippen molar-refractivity contribution >= 4 is 17.6 Å². The summed E-state index contributed by atoms with van der Waals surface area (Å²) in [4.78, 5) is 2.16. The van der Waals surface area contributed by atoms with Crippen LogP contribution in [0, 0.1) is 16.7 Å². The number of rotatable bonds is 2. The monoisotopic (exact) mass is 229 g/mol. The zero-order valence-corrected chi connectivity index (χ0v) is 9.53. The van der Waals surface area contributed by atoms with Crippen LogP contribution in [0.15, 0.2) is 12.1 Å². The highest BCUT2D eigenvalue weighted by Gasteiger charge is 2.16. The van der Waals surface area contributed by atoms with Gasteiger partial charge < -0.3 is 21.4 Å². The second-order valence-corrected chi connectivity index (χ2v) is 3.99. The third-order valence-corrected chi connectivity index (χ3v) is 2.92. The quantitative estimate of drug-likeness (QED) is 0.510. The average Bonchev–Trinajstić information content (AvgIpc) is 2.38. The highest BCUT2D eigenvalue weighted by Crippen LogP contribution is 2.26. The molecule has 0 aliphatic carbocycles. The molecule has 17 heavy (non-hydrogen) atoms. The number of nitrogens with zero attached hydrogens (tertiary/aromatic N) is 2. The third-order valence-electron chi connectivity index (χ3n) is 2.92. The van der Waals surface area contributed by atoms with E-state index in [-0.39, 0.29) is 0 Å². The summed E-state index contributed by atoms with van der Waals surface area (Å²) in [7, 11) is 0. The van der Waals surface area contributed by atoms with Gasteiger partial charge in [0.15, 0.2) is 0 Å². The van der Waals surface area contributed by atoms with Crippen LogP contribution in [0.2, 0.25) is 0 Å². The second-order valence-electron chi connectivity index (χ2n) is 3.99. The van der Waals surface area contributed by atoms with Crippen LogP contribution < -0.4 is 16.0 Å². The molecule has 0 atom stereocenters. The molecule has 0 saturated carbocycles. The van der Waals surface area contributed by atoms with Crippen molar-refractivity contribution in [2.45, 2.75) is 0 Å². The molecule has 5 nitrogen and oxygen atoms in total. The highest BCUT2D eigenvalue weighted by molar-refractivity contribution is 5.93. The molecule has 1 saturated heterocycles. The first-order valence-electron chi connectivity index (χ1n) is 5.56. The van der Waals surface area contributed by atoms with Gasteiger partial charge in [0.1, 0.15) is 0 Å². The van der Waals surface area contributed by atoms with Gasteiger partial charge in [-0.05, 0) is 12.1 Å². The Hall–Kier alpha value is -2.06. The molecule has 1 aromatic rings. The molecule has 0 unspecified atom stereocenters. The molecule has 0 spiro atoms.